The fourth-order valence-electron chi connectivity index (χ4n) is 2.55. The third-order valence-electron chi connectivity index (χ3n) is 3.54. The van der Waals surface area contributed by atoms with Crippen molar-refractivity contribution in [2.24, 2.45) is 5.92 Å². The Balaban J connectivity index is 1.68. The summed E-state index contributed by atoms with van der Waals surface area (Å²) in [4.78, 5) is 24.2. The van der Waals surface area contributed by atoms with Gasteiger partial charge in [0.1, 0.15) is 0 Å². The molecule has 0 bridgehead atoms. The lowest BCUT2D eigenvalue weighted by Gasteiger charge is -2.18. The number of carbonyl (C=O) groups excluding carboxylic acids is 1. The predicted molar refractivity (Wildman–Crippen MR) is 70.8 cm³/mol. The number of carboxylic acid groups (broad SMARTS) is 1. The molecule has 0 radical (unpaired) electrons. The van der Waals surface area contributed by atoms with Crippen LogP contribution in [-0.2, 0) is 4.79 Å². The summed E-state index contributed by atoms with van der Waals surface area (Å²) >= 11 is 1.92. The number of urea groups is 1. The molecule has 0 aromatic heterocycles. The average Bonchev–Trinajstić information content (AvgIpc) is 2.95. The molecule has 2 atom stereocenters. The molecule has 2 heterocycles. The Bertz CT molecular complexity index is 318. The van der Waals surface area contributed by atoms with E-state index in [0.29, 0.717) is 18.3 Å². The molecule has 5 nitrogen and oxygen atoms in total. The molecule has 0 aromatic carbocycles. The highest BCUT2D eigenvalue weighted by atomic mass is 32.2. The van der Waals surface area contributed by atoms with Crippen LogP contribution < -0.4 is 5.32 Å². The van der Waals surface area contributed by atoms with Crippen molar-refractivity contribution in [3.63, 3.8) is 0 Å². The van der Waals surface area contributed by atoms with Gasteiger partial charge in [-0.25, -0.2) is 4.79 Å². The van der Waals surface area contributed by atoms with E-state index >= 15 is 0 Å². The second-order valence-corrected chi connectivity index (χ2v) is 6.43. The van der Waals surface area contributed by atoms with Crippen LogP contribution in [0.1, 0.15) is 25.7 Å². The van der Waals surface area contributed by atoms with Crippen LogP contribution in [0.4, 0.5) is 4.79 Å². The maximum Gasteiger partial charge on any atom is 0.317 e. The van der Waals surface area contributed by atoms with E-state index in [9.17, 15) is 9.59 Å². The Morgan fingerprint density at radius 2 is 2.22 bits per heavy atom. The van der Waals surface area contributed by atoms with Crippen LogP contribution >= 0.6 is 11.8 Å². The summed E-state index contributed by atoms with van der Waals surface area (Å²) < 4.78 is 0. The maximum atomic E-state index is 11.9. The Labute approximate surface area is 111 Å². The van der Waals surface area contributed by atoms with Crippen LogP contribution in [0.25, 0.3) is 0 Å². The van der Waals surface area contributed by atoms with Crippen LogP contribution in [0.15, 0.2) is 0 Å². The summed E-state index contributed by atoms with van der Waals surface area (Å²) in [5, 5.41) is 12.2. The van der Waals surface area contributed by atoms with Crippen LogP contribution in [0.5, 0.6) is 0 Å². The van der Waals surface area contributed by atoms with Crippen molar-refractivity contribution in [3.05, 3.63) is 0 Å². The number of nitrogens with one attached hydrogen (secondary N) is 1. The van der Waals surface area contributed by atoms with Gasteiger partial charge < -0.3 is 15.3 Å². The van der Waals surface area contributed by atoms with E-state index in [1.807, 2.05) is 11.8 Å². The van der Waals surface area contributed by atoms with Gasteiger partial charge in [-0.1, -0.05) is 0 Å². The number of aliphatic carboxylic acids is 1. The van der Waals surface area contributed by atoms with E-state index in [1.54, 1.807) is 4.90 Å². The summed E-state index contributed by atoms with van der Waals surface area (Å²) in [6.45, 7) is 2.00. The van der Waals surface area contributed by atoms with Crippen molar-refractivity contribution in [2.75, 3.05) is 25.4 Å². The number of amides is 2. The zero-order chi connectivity index (χ0) is 13.0. The van der Waals surface area contributed by atoms with Crippen molar-refractivity contribution in [2.45, 2.75) is 30.9 Å². The van der Waals surface area contributed by atoms with E-state index in [4.69, 9.17) is 5.11 Å². The van der Waals surface area contributed by atoms with Crippen molar-refractivity contribution in [1.82, 2.24) is 10.2 Å². The highest BCUT2D eigenvalue weighted by Gasteiger charge is 2.28. The van der Waals surface area contributed by atoms with Gasteiger partial charge in [0, 0.05) is 31.3 Å². The molecule has 0 aromatic rings. The van der Waals surface area contributed by atoms with Gasteiger partial charge in [0.2, 0.25) is 0 Å². The topological polar surface area (TPSA) is 69.6 Å². The number of carboxylic acids is 1. The summed E-state index contributed by atoms with van der Waals surface area (Å²) in [5.74, 6) is 0.545. The van der Waals surface area contributed by atoms with Gasteiger partial charge in [0.15, 0.2) is 0 Å². The van der Waals surface area contributed by atoms with Gasteiger partial charge in [0.25, 0.3) is 0 Å². The lowest BCUT2D eigenvalue weighted by Crippen LogP contribution is -2.41. The number of hydrogen-bond donors (Lipinski definition) is 2. The first-order valence-electron chi connectivity index (χ1n) is 6.51. The minimum Gasteiger partial charge on any atom is -0.481 e. The van der Waals surface area contributed by atoms with Crippen molar-refractivity contribution < 1.29 is 14.7 Å². The second kappa shape index (κ2) is 6.31. The lowest BCUT2D eigenvalue weighted by atomic mass is 10.1. The number of carbonyl (C=O) groups is 2. The summed E-state index contributed by atoms with van der Waals surface area (Å²) in [6.07, 6.45) is 3.41. The Hall–Kier alpha value is -0.910. The van der Waals surface area contributed by atoms with Crippen molar-refractivity contribution in [1.29, 1.82) is 0 Å². The van der Waals surface area contributed by atoms with Crippen LogP contribution in [0, 0.1) is 5.92 Å². The molecule has 102 valence electrons. The molecule has 0 saturated carbocycles. The highest BCUT2D eigenvalue weighted by molar-refractivity contribution is 8.00. The monoisotopic (exact) mass is 272 g/mol. The van der Waals surface area contributed by atoms with Crippen molar-refractivity contribution in [3.8, 4) is 0 Å². The zero-order valence-electron chi connectivity index (χ0n) is 10.4. The van der Waals surface area contributed by atoms with E-state index in [0.717, 1.165) is 13.0 Å². The molecule has 2 fully saturated rings. The molecule has 2 unspecified atom stereocenters. The SMILES string of the molecule is O=C(O)CC1CCN(C(=O)NCC2CCCS2)C1. The van der Waals surface area contributed by atoms with E-state index in [2.05, 4.69) is 5.32 Å². The molecule has 6 heteroatoms. The first-order chi connectivity index (χ1) is 8.65. The number of likely N-dealkylation sites (tertiary alicyclic amines) is 1. The first kappa shape index (κ1) is 13.5. The van der Waals surface area contributed by atoms with E-state index < -0.39 is 5.97 Å². The summed E-state index contributed by atoms with van der Waals surface area (Å²) in [5.41, 5.74) is 0. The van der Waals surface area contributed by atoms with Gasteiger partial charge in [-0.2, -0.15) is 11.8 Å². The smallest absolute Gasteiger partial charge is 0.317 e. The normalized spacial score (nSPS) is 27.4. The molecule has 2 N–H and O–H groups in total. The lowest BCUT2D eigenvalue weighted by molar-refractivity contribution is -0.138. The quantitative estimate of drug-likeness (QED) is 0.811. The second-order valence-electron chi connectivity index (χ2n) is 5.02. The Morgan fingerprint density at radius 1 is 1.39 bits per heavy atom. The largest absolute Gasteiger partial charge is 0.481 e. The average molecular weight is 272 g/mol. The summed E-state index contributed by atoms with van der Waals surface area (Å²) in [7, 11) is 0. The third kappa shape index (κ3) is 3.80. The third-order valence-corrected chi connectivity index (χ3v) is 4.94. The fourth-order valence-corrected chi connectivity index (χ4v) is 3.75. The molecule has 2 aliphatic heterocycles. The summed E-state index contributed by atoms with van der Waals surface area (Å²) in [6, 6.07) is -0.0320. The number of nitrogens with zero attached hydrogens (tertiary/aromatic N) is 1. The van der Waals surface area contributed by atoms with E-state index in [1.165, 1.54) is 18.6 Å². The van der Waals surface area contributed by atoms with Gasteiger partial charge in [-0.15, -0.1) is 0 Å². The van der Waals surface area contributed by atoms with Gasteiger partial charge in [-0.05, 0) is 30.9 Å². The minimum atomic E-state index is -0.774. The van der Waals surface area contributed by atoms with Gasteiger partial charge >= 0.3 is 12.0 Å². The zero-order valence-corrected chi connectivity index (χ0v) is 11.2. The predicted octanol–water partition coefficient (Wildman–Crippen LogP) is 1.39. The molecular weight excluding hydrogens is 252 g/mol. The van der Waals surface area contributed by atoms with E-state index in [-0.39, 0.29) is 18.4 Å². The Morgan fingerprint density at radius 3 is 2.89 bits per heavy atom. The maximum absolute atomic E-state index is 11.9. The molecule has 2 aliphatic rings. The van der Waals surface area contributed by atoms with Crippen LogP contribution in [-0.4, -0.2) is 52.6 Å². The first-order valence-corrected chi connectivity index (χ1v) is 7.56. The molecule has 0 spiro atoms. The molecule has 18 heavy (non-hydrogen) atoms. The minimum absolute atomic E-state index is 0.0320. The van der Waals surface area contributed by atoms with Gasteiger partial charge in [-0.3, -0.25) is 4.79 Å². The fraction of sp³-hybridized carbons (Fsp3) is 0.833. The van der Waals surface area contributed by atoms with Gasteiger partial charge in [0.05, 0.1) is 0 Å². The molecular formula is C12H20N2O3S. The number of hydrogen-bond acceptors (Lipinski definition) is 3. The molecule has 0 aliphatic carbocycles. The van der Waals surface area contributed by atoms with Crippen molar-refractivity contribution >= 4 is 23.8 Å². The molecule has 2 amide bonds. The Kier molecular flexibility index (Phi) is 4.74. The molecule has 2 saturated heterocycles. The standard InChI is InChI=1S/C12H20N2O3S/c15-11(16)6-9-3-4-14(8-9)12(17)13-7-10-2-1-5-18-10/h9-10H,1-8H2,(H,13,17)(H,15,16). The molecule has 2 rings (SSSR count). The highest BCUT2D eigenvalue weighted by Crippen LogP contribution is 2.25. The number of rotatable bonds is 4. The number of thioether (sulfide) groups is 1. The van der Waals surface area contributed by atoms with Crippen LogP contribution in [0.2, 0.25) is 0 Å². The van der Waals surface area contributed by atoms with Crippen LogP contribution in [0.3, 0.4) is 0 Å².